The summed E-state index contributed by atoms with van der Waals surface area (Å²) in [7, 11) is 1.63. The van der Waals surface area contributed by atoms with Crippen LogP contribution in [0.3, 0.4) is 0 Å². The van der Waals surface area contributed by atoms with E-state index in [9.17, 15) is 4.39 Å². The Morgan fingerprint density at radius 3 is 2.38 bits per heavy atom. The van der Waals surface area contributed by atoms with Crippen LogP contribution in [0, 0.1) is 12.2 Å². The highest BCUT2D eigenvalue weighted by Crippen LogP contribution is 2.17. The van der Waals surface area contributed by atoms with Gasteiger partial charge in [-0.1, -0.05) is 24.3 Å². The molecule has 2 heteroatoms. The molecule has 1 nitrogen and oxygen atoms in total. The molecule has 0 aliphatic heterocycles. The number of hydrogen-bond acceptors (Lipinski definition) is 1. The molecule has 2 rings (SSSR count). The Balaban J connectivity index is 2.20. The van der Waals surface area contributed by atoms with Gasteiger partial charge in [0, 0.05) is 6.42 Å². The molecule has 0 spiro atoms. The molecule has 0 bridgehead atoms. The first-order valence-corrected chi connectivity index (χ1v) is 5.02. The lowest BCUT2D eigenvalue weighted by atomic mass is 10.0. The van der Waals surface area contributed by atoms with Crippen molar-refractivity contribution in [1.82, 2.24) is 0 Å². The third-order valence-corrected chi connectivity index (χ3v) is 2.28. The van der Waals surface area contributed by atoms with Gasteiger partial charge >= 0.3 is 0 Å². The van der Waals surface area contributed by atoms with Gasteiger partial charge in [-0.2, -0.15) is 0 Å². The van der Waals surface area contributed by atoms with Crippen molar-refractivity contribution in [2.24, 2.45) is 0 Å². The summed E-state index contributed by atoms with van der Waals surface area (Å²) in [4.78, 5) is 0. The molecule has 0 aromatic heterocycles. The summed E-state index contributed by atoms with van der Waals surface area (Å²) in [6.07, 6.45) is 1.91. The average molecular weight is 215 g/mol. The van der Waals surface area contributed by atoms with Crippen molar-refractivity contribution < 1.29 is 9.13 Å². The molecule has 0 amide bonds. The summed E-state index contributed by atoms with van der Waals surface area (Å²) in [5.74, 6) is 0.571. The number of halogens is 1. The van der Waals surface area contributed by atoms with Crippen LogP contribution in [-0.4, -0.2) is 7.11 Å². The van der Waals surface area contributed by atoms with Crippen LogP contribution in [0.5, 0.6) is 5.75 Å². The monoisotopic (exact) mass is 215 g/mol. The molecule has 1 radical (unpaired) electrons. The van der Waals surface area contributed by atoms with E-state index in [2.05, 4.69) is 0 Å². The summed E-state index contributed by atoms with van der Waals surface area (Å²) < 4.78 is 18.1. The van der Waals surface area contributed by atoms with E-state index in [1.165, 1.54) is 12.1 Å². The lowest BCUT2D eigenvalue weighted by Crippen LogP contribution is -1.88. The second-order valence-corrected chi connectivity index (χ2v) is 3.48. The van der Waals surface area contributed by atoms with Crippen molar-refractivity contribution >= 4 is 0 Å². The van der Waals surface area contributed by atoms with Gasteiger partial charge < -0.3 is 4.74 Å². The van der Waals surface area contributed by atoms with E-state index in [0.29, 0.717) is 0 Å². The predicted molar refractivity (Wildman–Crippen MR) is 61.9 cm³/mol. The van der Waals surface area contributed by atoms with Crippen LogP contribution in [-0.2, 0) is 0 Å². The van der Waals surface area contributed by atoms with Gasteiger partial charge in [0.05, 0.1) is 7.11 Å². The molecule has 2 aromatic carbocycles. The van der Waals surface area contributed by atoms with E-state index >= 15 is 0 Å². The van der Waals surface area contributed by atoms with Gasteiger partial charge in [-0.3, -0.25) is 0 Å². The quantitative estimate of drug-likeness (QED) is 0.762. The minimum Gasteiger partial charge on any atom is -0.497 e. The van der Waals surface area contributed by atoms with E-state index in [-0.39, 0.29) is 5.82 Å². The summed E-state index contributed by atoms with van der Waals surface area (Å²) in [5.41, 5.74) is 1.83. The molecule has 0 unspecified atom stereocenters. The molecule has 0 heterocycles. The van der Waals surface area contributed by atoms with Gasteiger partial charge in [-0.05, 0) is 35.4 Å². The zero-order valence-corrected chi connectivity index (χ0v) is 8.98. The maximum absolute atomic E-state index is 13.0. The van der Waals surface area contributed by atoms with E-state index in [1.807, 2.05) is 36.8 Å². The van der Waals surface area contributed by atoms with Crippen molar-refractivity contribution in [2.45, 2.75) is 0 Å². The van der Waals surface area contributed by atoms with Crippen molar-refractivity contribution in [3.8, 4) is 5.75 Å². The Labute approximate surface area is 94.5 Å². The van der Waals surface area contributed by atoms with Crippen LogP contribution >= 0.6 is 0 Å². The standard InChI is InChI=1S/C14H12FO/c1-16-14-7-3-5-12(10-14)8-11-4-2-6-13(15)9-11/h2-10H,1H3. The molecule has 0 atom stereocenters. The van der Waals surface area contributed by atoms with Crippen LogP contribution in [0.2, 0.25) is 0 Å². The number of rotatable bonds is 3. The predicted octanol–water partition coefficient (Wildman–Crippen LogP) is 3.43. The fourth-order valence-corrected chi connectivity index (χ4v) is 1.52. The SMILES string of the molecule is COc1cccc([CH]c2cccc(F)c2)c1. The highest BCUT2D eigenvalue weighted by atomic mass is 19.1. The molecule has 0 N–H and O–H groups in total. The smallest absolute Gasteiger partial charge is 0.123 e. The van der Waals surface area contributed by atoms with E-state index in [0.717, 1.165) is 16.9 Å². The normalized spacial score (nSPS) is 10.1. The van der Waals surface area contributed by atoms with Crippen LogP contribution in [0.15, 0.2) is 48.5 Å². The molecule has 0 aliphatic rings. The number of hydrogen-bond donors (Lipinski definition) is 0. The Morgan fingerprint density at radius 2 is 1.69 bits per heavy atom. The van der Waals surface area contributed by atoms with Crippen molar-refractivity contribution in [3.63, 3.8) is 0 Å². The Kier molecular flexibility index (Phi) is 3.20. The van der Waals surface area contributed by atoms with E-state index in [1.54, 1.807) is 13.2 Å². The maximum atomic E-state index is 13.0. The summed E-state index contributed by atoms with van der Waals surface area (Å²) in [6, 6.07) is 14.1. The lowest BCUT2D eigenvalue weighted by molar-refractivity contribution is 0.414. The van der Waals surface area contributed by atoms with Gasteiger partial charge in [0.25, 0.3) is 0 Å². The van der Waals surface area contributed by atoms with E-state index in [4.69, 9.17) is 4.74 Å². The third kappa shape index (κ3) is 2.60. The second kappa shape index (κ2) is 4.79. The van der Waals surface area contributed by atoms with Gasteiger partial charge in [0.15, 0.2) is 0 Å². The van der Waals surface area contributed by atoms with Crippen molar-refractivity contribution in [2.75, 3.05) is 7.11 Å². The van der Waals surface area contributed by atoms with Gasteiger partial charge in [0.2, 0.25) is 0 Å². The van der Waals surface area contributed by atoms with Gasteiger partial charge in [0.1, 0.15) is 11.6 Å². The Bertz CT molecular complexity index is 480. The molecule has 0 aliphatic carbocycles. The average Bonchev–Trinajstić information content (AvgIpc) is 2.29. The van der Waals surface area contributed by atoms with Crippen LogP contribution in [0.4, 0.5) is 4.39 Å². The minimum atomic E-state index is -0.225. The van der Waals surface area contributed by atoms with Crippen molar-refractivity contribution in [1.29, 1.82) is 0 Å². The van der Waals surface area contributed by atoms with Crippen LogP contribution in [0.25, 0.3) is 0 Å². The second-order valence-electron chi connectivity index (χ2n) is 3.48. The molecule has 16 heavy (non-hydrogen) atoms. The Hall–Kier alpha value is -1.83. The topological polar surface area (TPSA) is 9.23 Å². The fourth-order valence-electron chi connectivity index (χ4n) is 1.52. The highest BCUT2D eigenvalue weighted by Gasteiger charge is 1.99. The summed E-state index contributed by atoms with van der Waals surface area (Å²) in [5, 5.41) is 0. The first-order chi connectivity index (χ1) is 7.78. The Morgan fingerprint density at radius 1 is 1.00 bits per heavy atom. The zero-order valence-electron chi connectivity index (χ0n) is 8.98. The number of ether oxygens (including phenoxy) is 1. The summed E-state index contributed by atoms with van der Waals surface area (Å²) >= 11 is 0. The van der Waals surface area contributed by atoms with Crippen LogP contribution < -0.4 is 4.74 Å². The summed E-state index contributed by atoms with van der Waals surface area (Å²) in [6.45, 7) is 0. The number of methoxy groups -OCH3 is 1. The molecule has 2 aromatic rings. The zero-order chi connectivity index (χ0) is 11.4. The largest absolute Gasteiger partial charge is 0.497 e. The van der Waals surface area contributed by atoms with Gasteiger partial charge in [-0.25, -0.2) is 4.39 Å². The molecule has 0 saturated heterocycles. The third-order valence-electron chi connectivity index (χ3n) is 2.28. The molecule has 0 saturated carbocycles. The first-order valence-electron chi connectivity index (χ1n) is 5.02. The maximum Gasteiger partial charge on any atom is 0.123 e. The van der Waals surface area contributed by atoms with E-state index < -0.39 is 0 Å². The van der Waals surface area contributed by atoms with Gasteiger partial charge in [-0.15, -0.1) is 0 Å². The highest BCUT2D eigenvalue weighted by molar-refractivity contribution is 5.40. The first kappa shape index (κ1) is 10.7. The van der Waals surface area contributed by atoms with Crippen molar-refractivity contribution in [3.05, 3.63) is 71.9 Å². The molecular weight excluding hydrogens is 203 g/mol. The molecule has 81 valence electrons. The molecular formula is C14H12FO. The molecule has 0 fully saturated rings. The van der Waals surface area contributed by atoms with Crippen LogP contribution in [0.1, 0.15) is 11.1 Å². The minimum absolute atomic E-state index is 0.225. The lowest BCUT2D eigenvalue weighted by Gasteiger charge is -2.04. The fraction of sp³-hybridized carbons (Fsp3) is 0.0714. The number of benzene rings is 2.